The van der Waals surface area contributed by atoms with E-state index in [2.05, 4.69) is 10.6 Å². The van der Waals surface area contributed by atoms with E-state index in [4.69, 9.17) is 0 Å². The maximum absolute atomic E-state index is 12.7. The molecule has 2 atom stereocenters. The van der Waals surface area contributed by atoms with Crippen molar-refractivity contribution in [3.8, 4) is 0 Å². The van der Waals surface area contributed by atoms with Crippen LogP contribution in [0.4, 0.5) is 13.2 Å². The molecule has 2 aliphatic rings. The van der Waals surface area contributed by atoms with Crippen LogP contribution in [0, 0.1) is 17.8 Å². The summed E-state index contributed by atoms with van der Waals surface area (Å²) in [5, 5.41) is 6.14. The zero-order valence-electron chi connectivity index (χ0n) is 13.1. The van der Waals surface area contributed by atoms with Crippen LogP contribution in [-0.4, -0.2) is 31.7 Å². The molecule has 128 valence electrons. The van der Waals surface area contributed by atoms with Gasteiger partial charge in [0.05, 0.1) is 5.92 Å². The van der Waals surface area contributed by atoms with Crippen molar-refractivity contribution in [3.63, 3.8) is 0 Å². The predicted octanol–water partition coefficient (Wildman–Crippen LogP) is 3.25. The molecule has 2 N–H and O–H groups in total. The van der Waals surface area contributed by atoms with Gasteiger partial charge in [0.1, 0.15) is 0 Å². The van der Waals surface area contributed by atoms with E-state index in [0.717, 1.165) is 38.8 Å². The Kier molecular flexibility index (Phi) is 6.53. The fourth-order valence-electron chi connectivity index (χ4n) is 3.63. The number of halogens is 3. The van der Waals surface area contributed by atoms with Gasteiger partial charge in [-0.15, -0.1) is 0 Å². The number of rotatable bonds is 5. The minimum atomic E-state index is -4.09. The summed E-state index contributed by atoms with van der Waals surface area (Å²) in [6.07, 6.45) is 1.34. The van der Waals surface area contributed by atoms with Crippen LogP contribution in [0.5, 0.6) is 0 Å². The molecule has 2 rings (SSSR count). The smallest absolute Gasteiger partial charge is 0.356 e. The Balaban J connectivity index is 1.63. The van der Waals surface area contributed by atoms with Gasteiger partial charge in [0.15, 0.2) is 0 Å². The van der Waals surface area contributed by atoms with Crippen LogP contribution in [-0.2, 0) is 4.79 Å². The summed E-state index contributed by atoms with van der Waals surface area (Å²) in [5.74, 6) is -0.606. The highest BCUT2D eigenvalue weighted by molar-refractivity contribution is 5.75. The first-order valence-electron chi connectivity index (χ1n) is 8.49. The van der Waals surface area contributed by atoms with Crippen molar-refractivity contribution in [3.05, 3.63) is 0 Å². The third-order valence-corrected chi connectivity index (χ3v) is 5.07. The summed E-state index contributed by atoms with van der Waals surface area (Å²) in [6, 6.07) is 0. The number of alkyl halides is 3. The lowest BCUT2D eigenvalue weighted by atomic mass is 9.81. The van der Waals surface area contributed by atoms with Gasteiger partial charge >= 0.3 is 6.18 Å². The lowest BCUT2D eigenvalue weighted by Crippen LogP contribution is -2.35. The lowest BCUT2D eigenvalue weighted by Gasteiger charge is -2.30. The highest BCUT2D eigenvalue weighted by atomic mass is 19.4. The summed E-state index contributed by atoms with van der Waals surface area (Å²) in [7, 11) is 0. The van der Waals surface area contributed by atoms with E-state index in [-0.39, 0.29) is 24.7 Å². The quantitative estimate of drug-likeness (QED) is 0.816. The minimum absolute atomic E-state index is 0.00679. The maximum Gasteiger partial charge on any atom is 0.391 e. The van der Waals surface area contributed by atoms with Crippen LogP contribution in [0.15, 0.2) is 0 Å². The van der Waals surface area contributed by atoms with E-state index in [0.29, 0.717) is 25.3 Å². The highest BCUT2D eigenvalue weighted by Gasteiger charge is 2.42. The number of carbonyl (C=O) groups excluding carboxylic acids is 1. The van der Waals surface area contributed by atoms with E-state index in [1.807, 2.05) is 0 Å². The Labute approximate surface area is 130 Å². The molecule has 22 heavy (non-hydrogen) atoms. The van der Waals surface area contributed by atoms with E-state index < -0.39 is 12.1 Å². The number of hydrogen-bond acceptors (Lipinski definition) is 2. The lowest BCUT2D eigenvalue weighted by molar-refractivity contribution is -0.185. The van der Waals surface area contributed by atoms with Gasteiger partial charge in [0.25, 0.3) is 0 Å². The molecule has 1 saturated carbocycles. The van der Waals surface area contributed by atoms with Gasteiger partial charge in [-0.05, 0) is 63.5 Å². The molecule has 0 radical (unpaired) electrons. The van der Waals surface area contributed by atoms with E-state index in [1.165, 1.54) is 0 Å². The third-order valence-electron chi connectivity index (χ3n) is 5.07. The molecule has 3 nitrogen and oxygen atoms in total. The largest absolute Gasteiger partial charge is 0.391 e. The molecule has 1 aliphatic carbocycles. The summed E-state index contributed by atoms with van der Waals surface area (Å²) >= 11 is 0. The van der Waals surface area contributed by atoms with Crippen molar-refractivity contribution in [1.82, 2.24) is 10.6 Å². The Hall–Kier alpha value is -0.780. The number of nitrogens with one attached hydrogen (secondary N) is 2. The molecule has 2 unspecified atom stereocenters. The molecule has 6 heteroatoms. The van der Waals surface area contributed by atoms with Crippen molar-refractivity contribution >= 4 is 5.91 Å². The molecule has 0 aromatic heterocycles. The van der Waals surface area contributed by atoms with E-state index in [9.17, 15) is 18.0 Å². The van der Waals surface area contributed by atoms with Crippen LogP contribution in [0.3, 0.4) is 0 Å². The summed E-state index contributed by atoms with van der Waals surface area (Å²) in [5.41, 5.74) is 0. The molecule has 1 aliphatic heterocycles. The van der Waals surface area contributed by atoms with Gasteiger partial charge in [-0.1, -0.05) is 6.42 Å². The maximum atomic E-state index is 12.7. The van der Waals surface area contributed by atoms with Crippen LogP contribution < -0.4 is 10.6 Å². The van der Waals surface area contributed by atoms with Crippen LogP contribution >= 0.6 is 0 Å². The molecule has 0 aromatic carbocycles. The first-order chi connectivity index (χ1) is 10.4. The predicted molar refractivity (Wildman–Crippen MR) is 79.3 cm³/mol. The zero-order chi connectivity index (χ0) is 16.0. The average Bonchev–Trinajstić information content (AvgIpc) is 2.51. The molecule has 1 heterocycles. The van der Waals surface area contributed by atoms with Gasteiger partial charge in [0, 0.05) is 13.0 Å². The second-order valence-electron chi connectivity index (χ2n) is 6.81. The normalized spacial score (nSPS) is 27.6. The monoisotopic (exact) mass is 320 g/mol. The minimum Gasteiger partial charge on any atom is -0.356 e. The van der Waals surface area contributed by atoms with Crippen LogP contribution in [0.1, 0.15) is 51.4 Å². The first kappa shape index (κ1) is 17.6. The van der Waals surface area contributed by atoms with Gasteiger partial charge in [0.2, 0.25) is 5.91 Å². The molecular weight excluding hydrogens is 293 g/mol. The average molecular weight is 320 g/mol. The topological polar surface area (TPSA) is 41.1 Å². The summed E-state index contributed by atoms with van der Waals surface area (Å²) < 4.78 is 38.2. The molecule has 2 fully saturated rings. The fourth-order valence-corrected chi connectivity index (χ4v) is 3.63. The molecule has 0 spiro atoms. The standard InChI is InChI=1S/C16H27F3N2O/c17-16(18,19)14-3-1-2-13(10-14)11-21-15(22)5-4-12-6-8-20-9-7-12/h12-14,20H,1-11H2,(H,21,22). The molecule has 0 bridgehead atoms. The molecule has 1 saturated heterocycles. The number of hydrogen-bond donors (Lipinski definition) is 2. The van der Waals surface area contributed by atoms with Crippen LogP contribution in [0.25, 0.3) is 0 Å². The molecular formula is C16H27F3N2O. The van der Waals surface area contributed by atoms with Gasteiger partial charge in [-0.3, -0.25) is 4.79 Å². The Morgan fingerprint density at radius 2 is 1.82 bits per heavy atom. The number of amides is 1. The molecule has 0 aromatic rings. The zero-order valence-corrected chi connectivity index (χ0v) is 13.1. The van der Waals surface area contributed by atoms with Crippen molar-refractivity contribution in [2.45, 2.75) is 57.5 Å². The Morgan fingerprint density at radius 1 is 1.09 bits per heavy atom. The number of piperidine rings is 1. The van der Waals surface area contributed by atoms with Crippen molar-refractivity contribution in [1.29, 1.82) is 0 Å². The number of carbonyl (C=O) groups is 1. The Bertz CT molecular complexity index is 354. The van der Waals surface area contributed by atoms with Gasteiger partial charge in [-0.2, -0.15) is 13.2 Å². The van der Waals surface area contributed by atoms with Crippen molar-refractivity contribution in [2.75, 3.05) is 19.6 Å². The molecule has 1 amide bonds. The van der Waals surface area contributed by atoms with E-state index >= 15 is 0 Å². The highest BCUT2D eigenvalue weighted by Crippen LogP contribution is 2.39. The van der Waals surface area contributed by atoms with Gasteiger partial charge < -0.3 is 10.6 Å². The fraction of sp³-hybridized carbons (Fsp3) is 0.938. The second kappa shape index (κ2) is 8.18. The van der Waals surface area contributed by atoms with Crippen molar-refractivity contribution < 1.29 is 18.0 Å². The van der Waals surface area contributed by atoms with Gasteiger partial charge in [-0.25, -0.2) is 0 Å². The Morgan fingerprint density at radius 3 is 2.50 bits per heavy atom. The second-order valence-corrected chi connectivity index (χ2v) is 6.81. The first-order valence-corrected chi connectivity index (χ1v) is 8.49. The van der Waals surface area contributed by atoms with Crippen LogP contribution in [0.2, 0.25) is 0 Å². The van der Waals surface area contributed by atoms with E-state index in [1.54, 1.807) is 0 Å². The summed E-state index contributed by atoms with van der Waals surface area (Å²) in [4.78, 5) is 11.9. The third kappa shape index (κ3) is 5.78. The van der Waals surface area contributed by atoms with Crippen molar-refractivity contribution in [2.24, 2.45) is 17.8 Å². The summed E-state index contributed by atoms with van der Waals surface area (Å²) in [6.45, 7) is 2.44. The SMILES string of the molecule is O=C(CCC1CCNCC1)NCC1CCCC(C(F)(F)F)C1.